The number of thiazole rings is 1. The first-order valence-electron chi connectivity index (χ1n) is 12.0. The number of nitrogens with two attached hydrogens (primary N) is 1. The van der Waals surface area contributed by atoms with Crippen molar-refractivity contribution in [3.05, 3.63) is 35.5 Å². The highest BCUT2D eigenvalue weighted by atomic mass is 35.5. The van der Waals surface area contributed by atoms with E-state index in [4.69, 9.17) is 31.8 Å². The number of hydrogen-bond donors (Lipinski definition) is 4. The minimum Gasteiger partial charge on any atom is -0.383 e. The van der Waals surface area contributed by atoms with Crippen molar-refractivity contribution in [3.8, 4) is 0 Å². The van der Waals surface area contributed by atoms with Crippen LogP contribution in [-0.4, -0.2) is 61.5 Å². The van der Waals surface area contributed by atoms with Gasteiger partial charge in [-0.15, -0.1) is 22.9 Å². The fourth-order valence-electron chi connectivity index (χ4n) is 5.47. The number of hydrogen-bond acceptors (Lipinski definition) is 8. The summed E-state index contributed by atoms with van der Waals surface area (Å²) in [4.78, 5) is 5.08. The second-order valence-corrected chi connectivity index (χ2v) is 11.0. The first kappa shape index (κ1) is 24.9. The van der Waals surface area contributed by atoms with Crippen LogP contribution >= 0.6 is 22.9 Å². The largest absolute Gasteiger partial charge is 0.383 e. The molecule has 5 N–H and O–H groups in total. The third-order valence-corrected chi connectivity index (χ3v) is 8.58. The first-order chi connectivity index (χ1) is 16.0. The monoisotopic (exact) mass is 495 g/mol. The van der Waals surface area contributed by atoms with Crippen LogP contribution in [0.15, 0.2) is 29.8 Å². The summed E-state index contributed by atoms with van der Waals surface area (Å²) in [6.45, 7) is 5.37. The Labute approximate surface area is 206 Å². The van der Waals surface area contributed by atoms with E-state index in [0.29, 0.717) is 12.5 Å². The number of halogens is 1. The van der Waals surface area contributed by atoms with E-state index in [1.165, 1.54) is 0 Å². The summed E-state index contributed by atoms with van der Waals surface area (Å²) in [5.74, 6) is 0.630. The van der Waals surface area contributed by atoms with Crippen molar-refractivity contribution in [3.63, 3.8) is 0 Å². The van der Waals surface area contributed by atoms with Crippen LogP contribution in [0.1, 0.15) is 44.7 Å². The minimum absolute atomic E-state index is 0.104. The summed E-state index contributed by atoms with van der Waals surface area (Å²) in [7, 11) is 1.73. The number of dihydropyridines is 1. The van der Waals surface area contributed by atoms with Crippen molar-refractivity contribution in [1.29, 1.82) is 0 Å². The van der Waals surface area contributed by atoms with Gasteiger partial charge >= 0.3 is 0 Å². The molecule has 0 radical (unpaired) electrons. The number of aromatic nitrogens is 1. The fourth-order valence-corrected chi connectivity index (χ4v) is 6.83. The van der Waals surface area contributed by atoms with Crippen molar-refractivity contribution >= 4 is 28.1 Å². The molecule has 33 heavy (non-hydrogen) atoms. The lowest BCUT2D eigenvalue weighted by Crippen LogP contribution is -2.73. The number of nitrogens with zero attached hydrogens (tertiary/aromatic N) is 1. The molecule has 0 amide bonds. The van der Waals surface area contributed by atoms with Gasteiger partial charge in [0.25, 0.3) is 0 Å². The molecule has 4 unspecified atom stereocenters. The van der Waals surface area contributed by atoms with E-state index in [1.807, 2.05) is 12.3 Å². The van der Waals surface area contributed by atoms with E-state index >= 15 is 0 Å². The van der Waals surface area contributed by atoms with Crippen LogP contribution in [0.3, 0.4) is 0 Å². The second kappa shape index (κ2) is 11.1. The van der Waals surface area contributed by atoms with Gasteiger partial charge < -0.3 is 31.2 Å². The van der Waals surface area contributed by atoms with Crippen LogP contribution in [-0.2, 0) is 15.0 Å². The van der Waals surface area contributed by atoms with Crippen molar-refractivity contribution < 1.29 is 9.47 Å². The molecule has 2 fully saturated rings. The molecule has 3 heterocycles. The normalized spacial score (nSPS) is 33.6. The van der Waals surface area contributed by atoms with Crippen molar-refractivity contribution in [2.45, 2.75) is 67.6 Å². The Kier molecular flexibility index (Phi) is 8.36. The van der Waals surface area contributed by atoms with Gasteiger partial charge in [-0.3, -0.25) is 0 Å². The molecular weight excluding hydrogens is 458 g/mol. The summed E-state index contributed by atoms with van der Waals surface area (Å²) < 4.78 is 10.9. The van der Waals surface area contributed by atoms with Gasteiger partial charge in [0, 0.05) is 44.3 Å². The first-order valence-corrected chi connectivity index (χ1v) is 13.4. The van der Waals surface area contributed by atoms with Gasteiger partial charge in [-0.05, 0) is 57.2 Å². The summed E-state index contributed by atoms with van der Waals surface area (Å²) in [6, 6.07) is 0.223. The van der Waals surface area contributed by atoms with E-state index in [0.717, 1.165) is 62.7 Å². The molecule has 4 rings (SSSR count). The third-order valence-electron chi connectivity index (χ3n) is 7.23. The fraction of sp³-hybridized carbons (Fsp3) is 0.708. The molecule has 3 aliphatic rings. The van der Waals surface area contributed by atoms with Crippen LogP contribution in [0.25, 0.3) is 0 Å². The predicted octanol–water partition coefficient (Wildman–Crippen LogP) is 3.33. The highest BCUT2D eigenvalue weighted by Gasteiger charge is 2.58. The van der Waals surface area contributed by atoms with Crippen LogP contribution < -0.4 is 21.7 Å². The molecule has 5 atom stereocenters. The van der Waals surface area contributed by atoms with E-state index < -0.39 is 11.1 Å². The molecule has 1 aromatic heterocycles. The van der Waals surface area contributed by atoms with Crippen LogP contribution in [0.4, 0.5) is 5.13 Å². The van der Waals surface area contributed by atoms with Crippen molar-refractivity contribution in [1.82, 2.24) is 15.6 Å². The van der Waals surface area contributed by atoms with Gasteiger partial charge in [-0.25, -0.2) is 4.98 Å². The van der Waals surface area contributed by atoms with E-state index in [1.54, 1.807) is 18.4 Å². The molecule has 2 aliphatic heterocycles. The Balaban J connectivity index is 1.64. The molecule has 1 saturated carbocycles. The number of rotatable bonds is 9. The molecule has 1 aromatic rings. The average Bonchev–Trinajstić information content (AvgIpc) is 3.31. The highest BCUT2D eigenvalue weighted by Crippen LogP contribution is 2.47. The molecule has 1 aliphatic carbocycles. The number of nitrogens with one attached hydrogen (secondary N) is 3. The smallest absolute Gasteiger partial charge is 0.182 e. The summed E-state index contributed by atoms with van der Waals surface area (Å²) in [5, 5.41) is 14.1. The highest BCUT2D eigenvalue weighted by molar-refractivity contribution is 7.13. The average molecular weight is 496 g/mol. The van der Waals surface area contributed by atoms with E-state index in [2.05, 4.69) is 40.4 Å². The van der Waals surface area contributed by atoms with Crippen LogP contribution in [0.5, 0.6) is 0 Å². The number of allylic oxidation sites excluding steroid dienone is 2. The summed E-state index contributed by atoms with van der Waals surface area (Å²) >= 11 is 8.84. The Hall–Kier alpha value is -1.16. The Morgan fingerprint density at radius 2 is 2.18 bits per heavy atom. The van der Waals surface area contributed by atoms with Crippen molar-refractivity contribution in [2.24, 2.45) is 11.7 Å². The molecule has 0 aromatic carbocycles. The van der Waals surface area contributed by atoms with Gasteiger partial charge in [-0.2, -0.15) is 0 Å². The molecule has 7 nitrogen and oxygen atoms in total. The zero-order valence-corrected chi connectivity index (χ0v) is 21.3. The molecule has 0 spiro atoms. The van der Waals surface area contributed by atoms with Gasteiger partial charge in [0.2, 0.25) is 0 Å². The van der Waals surface area contributed by atoms with Gasteiger partial charge in [0.05, 0.1) is 23.2 Å². The Morgan fingerprint density at radius 1 is 1.36 bits per heavy atom. The minimum atomic E-state index is -0.592. The predicted molar refractivity (Wildman–Crippen MR) is 136 cm³/mol. The zero-order chi connectivity index (χ0) is 23.3. The SMILES string of the molecule is COC[C@@H](C)NC1(C2(c3csc(NCC4CCOCC4)n3)C=CC=CN2)CCC(N)CC1Cl. The Bertz CT molecular complexity index is 830. The van der Waals surface area contributed by atoms with Gasteiger partial charge in [0.15, 0.2) is 5.13 Å². The van der Waals surface area contributed by atoms with E-state index in [-0.39, 0.29) is 17.5 Å². The molecule has 1 saturated heterocycles. The van der Waals surface area contributed by atoms with Crippen LogP contribution in [0, 0.1) is 5.92 Å². The van der Waals surface area contributed by atoms with E-state index in [9.17, 15) is 0 Å². The maximum atomic E-state index is 7.19. The molecular formula is C24H38ClN5O2S. The second-order valence-electron chi connectivity index (χ2n) is 9.62. The Morgan fingerprint density at radius 3 is 2.88 bits per heavy atom. The van der Waals surface area contributed by atoms with Gasteiger partial charge in [0.1, 0.15) is 5.54 Å². The van der Waals surface area contributed by atoms with Crippen LogP contribution in [0.2, 0.25) is 0 Å². The number of alkyl halides is 1. The maximum Gasteiger partial charge on any atom is 0.182 e. The number of ether oxygens (including phenoxy) is 2. The zero-order valence-electron chi connectivity index (χ0n) is 19.7. The summed E-state index contributed by atoms with van der Waals surface area (Å²) in [5.41, 5.74) is 6.24. The molecule has 0 bridgehead atoms. The topological polar surface area (TPSA) is 93.5 Å². The summed E-state index contributed by atoms with van der Waals surface area (Å²) in [6.07, 6.45) is 13.0. The standard InChI is InChI=1S/C24H38ClN5O2S/c1-17(15-31-2)30-23(9-5-19(26)13-20(23)25)24(8-3-4-10-28-24)21-16-33-22(29-21)27-14-18-6-11-32-12-7-18/h3-4,8,10,16-20,28,30H,5-7,9,11-15,26H2,1-2H3,(H,27,29)/t17-,19?,20?,23?,24?/m1/s1. The number of anilines is 1. The third kappa shape index (κ3) is 5.26. The lowest BCUT2D eigenvalue weighted by molar-refractivity contribution is 0.0699. The maximum absolute atomic E-state index is 7.19. The lowest BCUT2D eigenvalue weighted by atomic mass is 9.64. The lowest BCUT2D eigenvalue weighted by Gasteiger charge is -2.56. The number of methoxy groups -OCH3 is 1. The molecule has 184 valence electrons. The molecule has 9 heteroatoms. The van der Waals surface area contributed by atoms with Crippen molar-refractivity contribution in [2.75, 3.05) is 38.8 Å². The van der Waals surface area contributed by atoms with Gasteiger partial charge in [-0.1, -0.05) is 12.2 Å². The quantitative estimate of drug-likeness (QED) is 0.390.